The molecule has 0 aliphatic rings. The normalized spacial score (nSPS) is 9.22. The first kappa shape index (κ1) is 17.0. The van der Waals surface area contributed by atoms with Crippen LogP contribution in [0, 0.1) is 13.8 Å². The Labute approximate surface area is 129 Å². The van der Waals surface area contributed by atoms with Crippen molar-refractivity contribution in [1.82, 2.24) is 0 Å². The first-order valence-corrected chi connectivity index (χ1v) is 5.30. The van der Waals surface area contributed by atoms with E-state index in [1.54, 1.807) is 0 Å². The van der Waals surface area contributed by atoms with Gasteiger partial charge in [0.15, 0.2) is 0 Å². The molecule has 0 radical (unpaired) electrons. The second-order valence-electron chi connectivity index (χ2n) is 4.14. The molecule has 4 N–H and O–H groups in total. The molecule has 0 saturated carbocycles. The molecule has 4 heteroatoms. The monoisotopic (exact) mass is 372 g/mol. The van der Waals surface area contributed by atoms with Crippen molar-refractivity contribution in [3.05, 3.63) is 47.5 Å². The van der Waals surface area contributed by atoms with E-state index in [-0.39, 0.29) is 34.0 Å². The average Bonchev–Trinajstić information content (AvgIpc) is 2.26. The molecule has 98 valence electrons. The molecular weight excluding hydrogens is 356 g/mol. The summed E-state index contributed by atoms with van der Waals surface area (Å²) in [5, 5.41) is 0. The fourth-order valence-corrected chi connectivity index (χ4v) is 1.71. The average molecular weight is 374 g/mol. The van der Waals surface area contributed by atoms with Gasteiger partial charge in [-0.05, 0) is 60.4 Å². The molecule has 2 nitrogen and oxygen atoms in total. The number of hydrogen-bond acceptors (Lipinski definition) is 2. The molecule has 2 aromatic carbocycles. The van der Waals surface area contributed by atoms with E-state index >= 15 is 0 Å². The molecule has 0 bridgehead atoms. The highest BCUT2D eigenvalue weighted by Crippen LogP contribution is 2.25. The maximum atomic E-state index is 5.80. The molecule has 0 heterocycles. The molecule has 0 amide bonds. The first-order chi connectivity index (χ1) is 7.58. The van der Waals surface area contributed by atoms with Crippen molar-refractivity contribution in [3.8, 4) is 11.1 Å². The van der Waals surface area contributed by atoms with Gasteiger partial charge in [-0.3, -0.25) is 0 Å². The van der Waals surface area contributed by atoms with E-state index in [4.69, 9.17) is 11.5 Å². The van der Waals surface area contributed by atoms with Crippen molar-refractivity contribution in [3.63, 3.8) is 0 Å². The van der Waals surface area contributed by atoms with Crippen LogP contribution in [0.1, 0.15) is 11.1 Å². The van der Waals surface area contributed by atoms with Crippen LogP contribution >= 0.6 is 34.0 Å². The number of anilines is 2. The van der Waals surface area contributed by atoms with Gasteiger partial charge in [-0.25, -0.2) is 0 Å². The maximum absolute atomic E-state index is 5.80. The van der Waals surface area contributed by atoms with Crippen LogP contribution in [-0.4, -0.2) is 0 Å². The number of nitrogens with two attached hydrogens (primary N) is 2. The zero-order valence-corrected chi connectivity index (χ0v) is 13.9. The van der Waals surface area contributed by atoms with Crippen LogP contribution in [-0.2, 0) is 0 Å². The molecule has 18 heavy (non-hydrogen) atoms. The lowest BCUT2D eigenvalue weighted by atomic mass is 10.0. The lowest BCUT2D eigenvalue weighted by Crippen LogP contribution is -1.91. The van der Waals surface area contributed by atoms with Gasteiger partial charge in [-0.15, -0.1) is 34.0 Å². The first-order valence-electron chi connectivity index (χ1n) is 5.30. The summed E-state index contributed by atoms with van der Waals surface area (Å²) in [4.78, 5) is 0. The Balaban J connectivity index is 0.00000144. The summed E-state index contributed by atoms with van der Waals surface area (Å²) in [5.74, 6) is 0. The quantitative estimate of drug-likeness (QED) is 0.732. The van der Waals surface area contributed by atoms with Crippen LogP contribution in [0.5, 0.6) is 0 Å². The van der Waals surface area contributed by atoms with Crippen molar-refractivity contribution in [2.24, 2.45) is 0 Å². The van der Waals surface area contributed by atoms with Crippen molar-refractivity contribution in [2.75, 3.05) is 11.5 Å². The molecule has 0 atom stereocenters. The lowest BCUT2D eigenvalue weighted by Gasteiger charge is -2.07. The second kappa shape index (κ2) is 6.81. The van der Waals surface area contributed by atoms with Crippen molar-refractivity contribution < 1.29 is 0 Å². The van der Waals surface area contributed by atoms with E-state index < -0.39 is 0 Å². The van der Waals surface area contributed by atoms with E-state index in [0.717, 1.165) is 22.5 Å². The number of aryl methyl sites for hydroxylation is 2. The van der Waals surface area contributed by atoms with Gasteiger partial charge in [0.2, 0.25) is 0 Å². The number of halogens is 2. The molecule has 0 aliphatic heterocycles. The highest BCUT2D eigenvalue weighted by atomic mass is 79.9. The third-order valence-corrected chi connectivity index (χ3v) is 2.87. The van der Waals surface area contributed by atoms with Crippen LogP contribution in [0.15, 0.2) is 36.4 Å². The Morgan fingerprint density at radius 2 is 1.00 bits per heavy atom. The van der Waals surface area contributed by atoms with Crippen LogP contribution in [0.25, 0.3) is 11.1 Å². The van der Waals surface area contributed by atoms with E-state index in [1.165, 1.54) is 11.1 Å². The van der Waals surface area contributed by atoms with Gasteiger partial charge < -0.3 is 11.5 Å². The number of nitrogen functional groups attached to an aromatic ring is 2. The highest BCUT2D eigenvalue weighted by Gasteiger charge is 2.01. The number of rotatable bonds is 1. The molecule has 2 rings (SSSR count). The summed E-state index contributed by atoms with van der Waals surface area (Å²) >= 11 is 0. The summed E-state index contributed by atoms with van der Waals surface area (Å²) in [6.07, 6.45) is 0. The van der Waals surface area contributed by atoms with Crippen LogP contribution < -0.4 is 11.5 Å². The maximum Gasteiger partial charge on any atom is 0.0344 e. The molecule has 0 saturated heterocycles. The minimum absolute atomic E-state index is 0. The summed E-state index contributed by atoms with van der Waals surface area (Å²) in [5.41, 5.74) is 17.8. The van der Waals surface area contributed by atoms with Crippen LogP contribution in [0.4, 0.5) is 11.4 Å². The predicted octanol–water partition coefficient (Wildman–Crippen LogP) is 4.29. The van der Waals surface area contributed by atoms with Gasteiger partial charge in [-0.2, -0.15) is 0 Å². The zero-order chi connectivity index (χ0) is 11.7. The molecule has 0 aromatic heterocycles. The van der Waals surface area contributed by atoms with E-state index in [0.29, 0.717) is 0 Å². The van der Waals surface area contributed by atoms with E-state index in [9.17, 15) is 0 Å². The Hall–Kier alpha value is -1.00. The van der Waals surface area contributed by atoms with Gasteiger partial charge in [0.05, 0.1) is 0 Å². The summed E-state index contributed by atoms with van der Waals surface area (Å²) in [7, 11) is 0. The fraction of sp³-hybridized carbons (Fsp3) is 0.143. The summed E-state index contributed by atoms with van der Waals surface area (Å²) in [6.45, 7) is 4.03. The number of benzene rings is 2. The molecule has 0 unspecified atom stereocenters. The summed E-state index contributed by atoms with van der Waals surface area (Å²) < 4.78 is 0. The van der Waals surface area contributed by atoms with Crippen molar-refractivity contribution in [1.29, 1.82) is 0 Å². The molecule has 0 fully saturated rings. The minimum Gasteiger partial charge on any atom is -0.399 e. The van der Waals surface area contributed by atoms with Gasteiger partial charge in [0.1, 0.15) is 0 Å². The molecule has 0 aliphatic carbocycles. The fourth-order valence-electron chi connectivity index (χ4n) is 1.71. The Morgan fingerprint density at radius 1 is 0.667 bits per heavy atom. The van der Waals surface area contributed by atoms with Crippen LogP contribution in [0.2, 0.25) is 0 Å². The standard InChI is InChI=1S/C14H16N2.2BrH/c1-9-7-11(3-5-13(9)15)12-4-6-14(16)10(2)8-12;;/h3-8H,15-16H2,1-2H3;2*1H. The van der Waals surface area contributed by atoms with Gasteiger partial charge in [0, 0.05) is 11.4 Å². The third-order valence-electron chi connectivity index (χ3n) is 2.87. The Morgan fingerprint density at radius 3 is 1.28 bits per heavy atom. The Bertz CT molecular complexity index is 490. The molecule has 0 spiro atoms. The lowest BCUT2D eigenvalue weighted by molar-refractivity contribution is 1.44. The van der Waals surface area contributed by atoms with Gasteiger partial charge >= 0.3 is 0 Å². The predicted molar refractivity (Wildman–Crippen MR) is 90.8 cm³/mol. The second-order valence-corrected chi connectivity index (χ2v) is 4.14. The molecular formula is C14H18Br2N2. The smallest absolute Gasteiger partial charge is 0.0344 e. The number of hydrogen-bond donors (Lipinski definition) is 2. The molecule has 2 aromatic rings. The van der Waals surface area contributed by atoms with Crippen LogP contribution in [0.3, 0.4) is 0 Å². The van der Waals surface area contributed by atoms with Gasteiger partial charge in [0.25, 0.3) is 0 Å². The van der Waals surface area contributed by atoms with Crippen molar-refractivity contribution >= 4 is 45.3 Å². The topological polar surface area (TPSA) is 52.0 Å². The Kier molecular flexibility index (Phi) is 6.43. The zero-order valence-electron chi connectivity index (χ0n) is 10.4. The largest absolute Gasteiger partial charge is 0.399 e. The van der Waals surface area contributed by atoms with E-state index in [1.807, 2.05) is 38.1 Å². The third kappa shape index (κ3) is 3.50. The van der Waals surface area contributed by atoms with Crippen molar-refractivity contribution in [2.45, 2.75) is 13.8 Å². The van der Waals surface area contributed by atoms with E-state index in [2.05, 4.69) is 12.1 Å². The highest BCUT2D eigenvalue weighted by molar-refractivity contribution is 8.93. The minimum atomic E-state index is 0. The SMILES string of the molecule is Br.Br.Cc1cc(-c2ccc(N)c(C)c2)ccc1N. The summed E-state index contributed by atoms with van der Waals surface area (Å²) in [6, 6.07) is 12.1. The van der Waals surface area contributed by atoms with Gasteiger partial charge in [-0.1, -0.05) is 12.1 Å².